The second kappa shape index (κ2) is 6.37. The van der Waals surface area contributed by atoms with E-state index in [4.69, 9.17) is 10.3 Å². The predicted octanol–water partition coefficient (Wildman–Crippen LogP) is 4.75. The first-order valence-electron chi connectivity index (χ1n) is 6.92. The van der Waals surface area contributed by atoms with Crippen LogP contribution < -0.4 is 9.64 Å². The number of fused-ring (bicyclic) bond motifs is 1. The van der Waals surface area contributed by atoms with Crippen LogP contribution in [0.1, 0.15) is 19.8 Å². The average Bonchev–Trinajstić information content (AvgIpc) is 2.46. The van der Waals surface area contributed by atoms with E-state index in [0.717, 1.165) is 35.1 Å². The average molecular weight is 271 g/mol. The van der Waals surface area contributed by atoms with E-state index < -0.39 is 0 Å². The summed E-state index contributed by atoms with van der Waals surface area (Å²) in [6.45, 7) is 2.86. The molecule has 0 saturated heterocycles. The predicted molar refractivity (Wildman–Crippen MR) is 83.5 cm³/mol. The normalized spacial score (nSPS) is 10.6. The first-order chi connectivity index (χ1) is 9.69. The van der Waals surface area contributed by atoms with Crippen molar-refractivity contribution >= 4 is 22.1 Å². The number of unbranched alkanes of at least 4 members (excludes halogenated alkanes) is 1. The lowest BCUT2D eigenvalue weighted by atomic mass is 10.1. The SMILES string of the molecule is CCCCOc1cc(N(C)C)c(N=N)c2ccccc12. The molecule has 0 aliphatic carbocycles. The summed E-state index contributed by atoms with van der Waals surface area (Å²) in [5.41, 5.74) is 9.05. The van der Waals surface area contributed by atoms with Crippen molar-refractivity contribution in [1.82, 2.24) is 0 Å². The van der Waals surface area contributed by atoms with Gasteiger partial charge in [0.05, 0.1) is 12.3 Å². The van der Waals surface area contributed by atoms with Crippen molar-refractivity contribution in [2.24, 2.45) is 5.11 Å². The Bertz CT molecular complexity index is 608. The fourth-order valence-corrected chi connectivity index (χ4v) is 2.22. The first kappa shape index (κ1) is 14.3. The molecule has 0 radical (unpaired) electrons. The maximum atomic E-state index is 7.46. The molecule has 106 valence electrons. The van der Waals surface area contributed by atoms with Crippen LogP contribution in [0, 0.1) is 5.53 Å². The Kier molecular flexibility index (Phi) is 4.56. The van der Waals surface area contributed by atoms with Gasteiger partial charge >= 0.3 is 0 Å². The quantitative estimate of drug-likeness (QED) is 0.609. The summed E-state index contributed by atoms with van der Waals surface area (Å²) in [6, 6.07) is 9.93. The van der Waals surface area contributed by atoms with Crippen LogP contribution >= 0.6 is 0 Å². The summed E-state index contributed by atoms with van der Waals surface area (Å²) in [7, 11) is 3.91. The van der Waals surface area contributed by atoms with E-state index in [9.17, 15) is 0 Å². The molecule has 0 spiro atoms. The molecule has 4 heteroatoms. The highest BCUT2D eigenvalue weighted by Crippen LogP contribution is 2.41. The molecule has 0 fully saturated rings. The van der Waals surface area contributed by atoms with Crippen LogP contribution in [-0.2, 0) is 0 Å². The van der Waals surface area contributed by atoms with Gasteiger partial charge in [0.1, 0.15) is 11.4 Å². The van der Waals surface area contributed by atoms with Gasteiger partial charge in [0.25, 0.3) is 0 Å². The van der Waals surface area contributed by atoms with E-state index >= 15 is 0 Å². The van der Waals surface area contributed by atoms with Gasteiger partial charge in [-0.1, -0.05) is 37.6 Å². The lowest BCUT2D eigenvalue weighted by molar-refractivity contribution is 0.313. The van der Waals surface area contributed by atoms with Crippen molar-refractivity contribution in [1.29, 1.82) is 5.53 Å². The van der Waals surface area contributed by atoms with Gasteiger partial charge < -0.3 is 9.64 Å². The molecule has 0 saturated carbocycles. The van der Waals surface area contributed by atoms with Crippen molar-refractivity contribution in [3.63, 3.8) is 0 Å². The van der Waals surface area contributed by atoms with Crippen LogP contribution in [0.3, 0.4) is 0 Å². The Hall–Kier alpha value is -2.10. The summed E-state index contributed by atoms with van der Waals surface area (Å²) < 4.78 is 5.92. The highest BCUT2D eigenvalue weighted by atomic mass is 16.5. The molecule has 0 aromatic heterocycles. The van der Waals surface area contributed by atoms with Gasteiger partial charge in [-0.3, -0.25) is 0 Å². The molecule has 2 aromatic rings. The third kappa shape index (κ3) is 2.74. The van der Waals surface area contributed by atoms with Crippen LogP contribution in [0.4, 0.5) is 11.4 Å². The smallest absolute Gasteiger partial charge is 0.129 e. The molecule has 2 rings (SSSR count). The zero-order chi connectivity index (χ0) is 14.5. The molecule has 2 aromatic carbocycles. The zero-order valence-corrected chi connectivity index (χ0v) is 12.3. The number of nitrogens with one attached hydrogen (secondary N) is 1. The Morgan fingerprint density at radius 2 is 1.90 bits per heavy atom. The van der Waals surface area contributed by atoms with Crippen LogP contribution in [0.2, 0.25) is 0 Å². The van der Waals surface area contributed by atoms with Crippen molar-refractivity contribution < 1.29 is 4.74 Å². The number of anilines is 1. The number of hydrogen-bond donors (Lipinski definition) is 1. The summed E-state index contributed by atoms with van der Waals surface area (Å²) in [5, 5.41) is 5.68. The Balaban J connectivity index is 2.58. The molecule has 0 unspecified atom stereocenters. The van der Waals surface area contributed by atoms with Crippen molar-refractivity contribution in [2.45, 2.75) is 19.8 Å². The van der Waals surface area contributed by atoms with E-state index in [1.807, 2.05) is 49.3 Å². The van der Waals surface area contributed by atoms with Crippen molar-refractivity contribution in [3.05, 3.63) is 30.3 Å². The van der Waals surface area contributed by atoms with Gasteiger partial charge in [-0.25, -0.2) is 5.53 Å². The van der Waals surface area contributed by atoms with E-state index in [1.165, 1.54) is 0 Å². The number of hydrogen-bond acceptors (Lipinski definition) is 4. The Morgan fingerprint density at radius 3 is 2.50 bits per heavy atom. The second-order valence-corrected chi connectivity index (χ2v) is 5.00. The van der Waals surface area contributed by atoms with Crippen LogP contribution in [0.25, 0.3) is 10.8 Å². The monoisotopic (exact) mass is 271 g/mol. The fourth-order valence-electron chi connectivity index (χ4n) is 2.22. The lowest BCUT2D eigenvalue weighted by Gasteiger charge is -2.19. The topological polar surface area (TPSA) is 48.7 Å². The highest BCUT2D eigenvalue weighted by molar-refractivity contribution is 6.02. The first-order valence-corrected chi connectivity index (χ1v) is 6.92. The van der Waals surface area contributed by atoms with Gasteiger partial charge in [-0.05, 0) is 6.42 Å². The highest BCUT2D eigenvalue weighted by Gasteiger charge is 2.13. The molecule has 0 atom stereocenters. The molecule has 0 aliphatic heterocycles. The van der Waals surface area contributed by atoms with E-state index in [0.29, 0.717) is 12.3 Å². The maximum Gasteiger partial charge on any atom is 0.129 e. The Morgan fingerprint density at radius 1 is 1.20 bits per heavy atom. The number of ether oxygens (including phenoxy) is 1. The van der Waals surface area contributed by atoms with E-state index in [1.54, 1.807) is 0 Å². The molecule has 0 heterocycles. The van der Waals surface area contributed by atoms with Gasteiger partial charge in [0.15, 0.2) is 0 Å². The summed E-state index contributed by atoms with van der Waals surface area (Å²) in [5.74, 6) is 0.866. The molecule has 4 nitrogen and oxygen atoms in total. The summed E-state index contributed by atoms with van der Waals surface area (Å²) in [4.78, 5) is 1.96. The Labute approximate surface area is 119 Å². The standard InChI is InChI=1S/C16H21N3O/c1-4-5-10-20-15-11-14(19(2)3)16(18-17)13-9-7-6-8-12(13)15/h6-9,11,17H,4-5,10H2,1-3H3. The molecule has 20 heavy (non-hydrogen) atoms. The van der Waals surface area contributed by atoms with E-state index in [-0.39, 0.29) is 0 Å². The molecule has 1 N–H and O–H groups in total. The number of benzene rings is 2. The molecular weight excluding hydrogens is 250 g/mol. The molecular formula is C16H21N3O. The molecule has 0 amide bonds. The number of rotatable bonds is 6. The van der Waals surface area contributed by atoms with Gasteiger partial charge in [0.2, 0.25) is 0 Å². The second-order valence-electron chi connectivity index (χ2n) is 5.00. The van der Waals surface area contributed by atoms with Crippen LogP contribution in [0.5, 0.6) is 5.75 Å². The zero-order valence-electron chi connectivity index (χ0n) is 12.3. The number of nitrogens with zero attached hydrogens (tertiary/aromatic N) is 2. The largest absolute Gasteiger partial charge is 0.493 e. The molecule has 0 bridgehead atoms. The summed E-state index contributed by atoms with van der Waals surface area (Å²) >= 11 is 0. The van der Waals surface area contributed by atoms with Crippen LogP contribution in [-0.4, -0.2) is 20.7 Å². The van der Waals surface area contributed by atoms with E-state index in [2.05, 4.69) is 12.0 Å². The fraction of sp³-hybridized carbons (Fsp3) is 0.375. The van der Waals surface area contributed by atoms with Gasteiger partial charge in [-0.2, -0.15) is 5.11 Å². The summed E-state index contributed by atoms with van der Waals surface area (Å²) in [6.07, 6.45) is 2.15. The maximum absolute atomic E-state index is 7.46. The third-order valence-electron chi connectivity index (χ3n) is 3.31. The minimum Gasteiger partial charge on any atom is -0.493 e. The molecule has 0 aliphatic rings. The van der Waals surface area contributed by atoms with Gasteiger partial charge in [-0.15, -0.1) is 0 Å². The lowest BCUT2D eigenvalue weighted by Crippen LogP contribution is -2.09. The third-order valence-corrected chi connectivity index (χ3v) is 3.31. The van der Waals surface area contributed by atoms with Crippen LogP contribution in [0.15, 0.2) is 35.4 Å². The van der Waals surface area contributed by atoms with Gasteiger partial charge in [0, 0.05) is 30.9 Å². The minimum absolute atomic E-state index is 0.688. The van der Waals surface area contributed by atoms with Crippen molar-refractivity contribution in [3.8, 4) is 5.75 Å². The van der Waals surface area contributed by atoms with Crippen molar-refractivity contribution in [2.75, 3.05) is 25.6 Å². The minimum atomic E-state index is 0.688.